The van der Waals surface area contributed by atoms with Crippen LogP contribution < -0.4 is 0 Å². The van der Waals surface area contributed by atoms with Gasteiger partial charge in [-0.1, -0.05) is 70.9 Å². The summed E-state index contributed by atoms with van der Waals surface area (Å²) >= 11 is 0. The fourth-order valence-electron chi connectivity index (χ4n) is 8.60. The smallest absolute Gasteiger partial charge is 0.0618 e. The van der Waals surface area contributed by atoms with E-state index >= 15 is 0 Å². The second-order valence-electron chi connectivity index (χ2n) is 12.0. The Bertz CT molecular complexity index is 712. The lowest BCUT2D eigenvalue weighted by atomic mass is 9.47. The molecule has 0 aliphatic heterocycles. The van der Waals surface area contributed by atoms with Crippen molar-refractivity contribution in [2.45, 2.75) is 92.4 Å². The van der Waals surface area contributed by atoms with Crippen LogP contribution in [0.25, 0.3) is 0 Å². The molecule has 168 valence electrons. The number of hydrogen-bond acceptors (Lipinski definition) is 1. The first kappa shape index (κ1) is 22.4. The standard InChI is InChI=1S/C29H46O/c1-20(2)22(16-19-30)10-9-21(3)25-13-14-26-24-12-11-23-8-6-7-17-28(23,4)27(24)15-18-29(25,26)5/h9-11,16,20-21,24-27,30H,6-8,12-15,17-19H2,1-5H3/t21-,24+,25-,26+,27+,28+,29-/m1/s1. The molecule has 7 atom stereocenters. The molecule has 0 spiro atoms. The SMILES string of the molecule is CC(C)C(C=C[C@@H](C)[C@H]1CC[C@H]2[C@@H]3CC=C4CCCC[C@]4(C)[C@H]3CC[C@]12C)=CCO. The molecule has 3 fully saturated rings. The van der Waals surface area contributed by atoms with E-state index in [9.17, 15) is 5.11 Å². The second-order valence-corrected chi connectivity index (χ2v) is 12.0. The Balaban J connectivity index is 1.53. The first-order chi connectivity index (χ1) is 14.3. The highest BCUT2D eigenvalue weighted by molar-refractivity contribution is 5.25. The van der Waals surface area contributed by atoms with Crippen molar-refractivity contribution in [3.63, 3.8) is 0 Å². The number of allylic oxidation sites excluding steroid dienone is 5. The lowest BCUT2D eigenvalue weighted by Crippen LogP contribution is -2.49. The van der Waals surface area contributed by atoms with Gasteiger partial charge in [-0.25, -0.2) is 0 Å². The van der Waals surface area contributed by atoms with Gasteiger partial charge >= 0.3 is 0 Å². The van der Waals surface area contributed by atoms with E-state index in [1.165, 1.54) is 63.4 Å². The third-order valence-corrected chi connectivity index (χ3v) is 10.3. The van der Waals surface area contributed by atoms with Gasteiger partial charge in [-0.15, -0.1) is 0 Å². The van der Waals surface area contributed by atoms with Crippen LogP contribution in [0, 0.1) is 46.3 Å². The lowest BCUT2D eigenvalue weighted by Gasteiger charge is -2.58. The van der Waals surface area contributed by atoms with E-state index in [1.807, 2.05) is 11.6 Å². The van der Waals surface area contributed by atoms with E-state index in [-0.39, 0.29) is 6.61 Å². The molecule has 4 aliphatic carbocycles. The van der Waals surface area contributed by atoms with Gasteiger partial charge in [0, 0.05) is 0 Å². The van der Waals surface area contributed by atoms with Crippen LogP contribution in [0.5, 0.6) is 0 Å². The van der Waals surface area contributed by atoms with Crippen LogP contribution in [0.1, 0.15) is 92.4 Å². The molecule has 1 nitrogen and oxygen atoms in total. The van der Waals surface area contributed by atoms with Crippen LogP contribution in [0.2, 0.25) is 0 Å². The average molecular weight is 411 g/mol. The van der Waals surface area contributed by atoms with E-state index in [0.717, 1.165) is 23.7 Å². The van der Waals surface area contributed by atoms with Crippen LogP contribution in [0.15, 0.2) is 35.5 Å². The molecule has 0 bridgehead atoms. The fraction of sp³-hybridized carbons (Fsp3) is 0.793. The zero-order chi connectivity index (χ0) is 21.5. The summed E-state index contributed by atoms with van der Waals surface area (Å²) in [5.41, 5.74) is 4.15. The number of hydrogen-bond donors (Lipinski definition) is 1. The highest BCUT2D eigenvalue weighted by Crippen LogP contribution is 2.67. The van der Waals surface area contributed by atoms with E-state index in [0.29, 0.717) is 22.7 Å². The third kappa shape index (κ3) is 3.68. The van der Waals surface area contributed by atoms with Gasteiger partial charge in [0.15, 0.2) is 0 Å². The molecule has 0 aromatic carbocycles. The van der Waals surface area contributed by atoms with Gasteiger partial charge in [0.25, 0.3) is 0 Å². The molecule has 0 saturated heterocycles. The van der Waals surface area contributed by atoms with Crippen LogP contribution in [0.3, 0.4) is 0 Å². The maximum atomic E-state index is 9.36. The van der Waals surface area contributed by atoms with Gasteiger partial charge in [-0.3, -0.25) is 0 Å². The lowest BCUT2D eigenvalue weighted by molar-refractivity contribution is -0.0462. The number of rotatable bonds is 5. The Kier molecular flexibility index (Phi) is 6.42. The molecule has 0 heterocycles. The molecule has 0 amide bonds. The molecule has 4 rings (SSSR count). The quantitative estimate of drug-likeness (QED) is 0.363. The van der Waals surface area contributed by atoms with E-state index in [1.54, 1.807) is 0 Å². The minimum absolute atomic E-state index is 0.146. The highest BCUT2D eigenvalue weighted by atomic mass is 16.2. The number of aliphatic hydroxyl groups is 1. The van der Waals surface area contributed by atoms with Crippen LogP contribution in [-0.4, -0.2) is 11.7 Å². The summed E-state index contributed by atoms with van der Waals surface area (Å²) in [7, 11) is 0. The van der Waals surface area contributed by atoms with Gasteiger partial charge < -0.3 is 5.11 Å². The monoisotopic (exact) mass is 410 g/mol. The van der Waals surface area contributed by atoms with Crippen LogP contribution >= 0.6 is 0 Å². The zero-order valence-corrected chi connectivity index (χ0v) is 20.3. The van der Waals surface area contributed by atoms with Gasteiger partial charge in [-0.05, 0) is 103 Å². The predicted octanol–water partition coefficient (Wildman–Crippen LogP) is 7.72. The number of aliphatic hydroxyl groups excluding tert-OH is 1. The summed E-state index contributed by atoms with van der Waals surface area (Å²) in [6.45, 7) is 12.3. The normalized spacial score (nSPS) is 42.6. The van der Waals surface area contributed by atoms with E-state index in [4.69, 9.17) is 0 Å². The van der Waals surface area contributed by atoms with Gasteiger partial charge in [0.1, 0.15) is 0 Å². The van der Waals surface area contributed by atoms with Crippen molar-refractivity contribution in [3.05, 3.63) is 35.5 Å². The topological polar surface area (TPSA) is 20.2 Å². The fourth-order valence-corrected chi connectivity index (χ4v) is 8.60. The Morgan fingerprint density at radius 1 is 1.10 bits per heavy atom. The minimum atomic E-state index is 0.146. The van der Waals surface area contributed by atoms with Crippen molar-refractivity contribution in [2.24, 2.45) is 46.3 Å². The Labute approximate surface area is 186 Å². The molecule has 0 aromatic rings. The molecule has 1 N–H and O–H groups in total. The number of fused-ring (bicyclic) bond motifs is 5. The van der Waals surface area contributed by atoms with Crippen LogP contribution in [-0.2, 0) is 0 Å². The summed E-state index contributed by atoms with van der Waals surface area (Å²) in [4.78, 5) is 0. The van der Waals surface area contributed by atoms with Crippen molar-refractivity contribution in [1.82, 2.24) is 0 Å². The highest BCUT2D eigenvalue weighted by Gasteiger charge is 2.58. The van der Waals surface area contributed by atoms with Crippen molar-refractivity contribution in [3.8, 4) is 0 Å². The second kappa shape index (κ2) is 8.61. The maximum absolute atomic E-state index is 9.36. The van der Waals surface area contributed by atoms with Crippen LogP contribution in [0.4, 0.5) is 0 Å². The van der Waals surface area contributed by atoms with Crippen molar-refractivity contribution in [1.29, 1.82) is 0 Å². The van der Waals surface area contributed by atoms with Gasteiger partial charge in [0.05, 0.1) is 6.61 Å². The van der Waals surface area contributed by atoms with Gasteiger partial charge in [0.2, 0.25) is 0 Å². The molecule has 1 heteroatoms. The molecule has 0 unspecified atom stereocenters. The summed E-state index contributed by atoms with van der Waals surface area (Å²) in [6, 6.07) is 0. The summed E-state index contributed by atoms with van der Waals surface area (Å²) in [6.07, 6.45) is 22.3. The third-order valence-electron chi connectivity index (χ3n) is 10.3. The predicted molar refractivity (Wildman–Crippen MR) is 128 cm³/mol. The molecule has 0 aromatic heterocycles. The Morgan fingerprint density at radius 3 is 2.63 bits per heavy atom. The van der Waals surface area contributed by atoms with Gasteiger partial charge in [-0.2, -0.15) is 0 Å². The molecular formula is C29H46O. The first-order valence-corrected chi connectivity index (χ1v) is 13.0. The van der Waals surface area contributed by atoms with E-state index < -0.39 is 0 Å². The maximum Gasteiger partial charge on any atom is 0.0618 e. The Morgan fingerprint density at radius 2 is 1.90 bits per heavy atom. The zero-order valence-electron chi connectivity index (χ0n) is 20.3. The van der Waals surface area contributed by atoms with Crippen molar-refractivity contribution in [2.75, 3.05) is 6.61 Å². The Hall–Kier alpha value is -0.820. The molecule has 4 aliphatic rings. The molecular weight excluding hydrogens is 364 g/mol. The van der Waals surface area contributed by atoms with Crippen molar-refractivity contribution < 1.29 is 5.11 Å². The first-order valence-electron chi connectivity index (χ1n) is 13.0. The summed E-state index contributed by atoms with van der Waals surface area (Å²) < 4.78 is 0. The summed E-state index contributed by atoms with van der Waals surface area (Å²) in [5.74, 6) is 4.70. The largest absolute Gasteiger partial charge is 0.392 e. The molecule has 3 saturated carbocycles. The molecule has 30 heavy (non-hydrogen) atoms. The molecule has 0 radical (unpaired) electrons. The summed E-state index contributed by atoms with van der Waals surface area (Å²) in [5, 5.41) is 9.36. The van der Waals surface area contributed by atoms with E-state index in [2.05, 4.69) is 52.8 Å². The van der Waals surface area contributed by atoms with Crippen molar-refractivity contribution >= 4 is 0 Å². The average Bonchev–Trinajstić information content (AvgIpc) is 3.07. The minimum Gasteiger partial charge on any atom is -0.392 e.